The van der Waals surface area contributed by atoms with E-state index in [0.29, 0.717) is 4.58 Å². The normalized spacial score (nSPS) is 25.5. The van der Waals surface area contributed by atoms with Crippen molar-refractivity contribution < 1.29 is 0 Å². The predicted molar refractivity (Wildman–Crippen MR) is 34.1 cm³/mol. The molecule has 1 fully saturated rings. The molecule has 0 unspecified atom stereocenters. The van der Waals surface area contributed by atoms with Gasteiger partial charge >= 0.3 is 0 Å². The van der Waals surface area contributed by atoms with Gasteiger partial charge in [-0.2, -0.15) is 0 Å². The molecule has 0 nitrogen and oxygen atoms in total. The van der Waals surface area contributed by atoms with Gasteiger partial charge in [-0.05, 0) is 6.92 Å². The average molecular weight is 119 g/mol. The molecule has 0 aromatic rings. The first-order chi connectivity index (χ1) is 2.89. The van der Waals surface area contributed by atoms with Gasteiger partial charge < -0.3 is 0 Å². The highest BCUT2D eigenvalue weighted by Crippen LogP contribution is 2.30. The van der Waals surface area contributed by atoms with Crippen LogP contribution in [-0.4, -0.2) is 16.1 Å². The van der Waals surface area contributed by atoms with Gasteiger partial charge in [0.15, 0.2) is 0 Å². The van der Waals surface area contributed by atoms with Gasteiger partial charge in [0.05, 0.1) is 4.58 Å². The molecule has 1 aliphatic rings. The van der Waals surface area contributed by atoms with Crippen molar-refractivity contribution in [2.75, 3.05) is 11.5 Å². The minimum absolute atomic E-state index is 0.630. The molecular weight excluding hydrogens is 112 g/mol. The molecule has 2 heteroatoms. The second-order valence-corrected chi connectivity index (χ2v) is 4.09. The van der Waals surface area contributed by atoms with E-state index >= 15 is 0 Å². The highest BCUT2D eigenvalue weighted by molar-refractivity contribution is 8.20. The van der Waals surface area contributed by atoms with Crippen LogP contribution in [0.3, 0.4) is 0 Å². The molecule has 1 aliphatic heterocycles. The van der Waals surface area contributed by atoms with Crippen LogP contribution in [0.5, 0.6) is 0 Å². The molecule has 0 bridgehead atoms. The Labute approximate surface area is 47.1 Å². The lowest BCUT2D eigenvalue weighted by Gasteiger charge is -1.90. The van der Waals surface area contributed by atoms with E-state index in [1.54, 1.807) is 0 Å². The molecule has 0 N–H and O–H groups in total. The molecular formula is C4H7S2. The van der Waals surface area contributed by atoms with Gasteiger partial charge in [0.25, 0.3) is 0 Å². The van der Waals surface area contributed by atoms with Gasteiger partial charge in [0.2, 0.25) is 0 Å². The molecule has 1 rings (SSSR count). The van der Waals surface area contributed by atoms with E-state index in [1.165, 1.54) is 11.5 Å². The Kier molecular flexibility index (Phi) is 1.72. The third-order valence-corrected chi connectivity index (χ3v) is 3.39. The molecule has 6 heavy (non-hydrogen) atoms. The highest BCUT2D eigenvalue weighted by atomic mass is 32.2. The number of hydrogen-bond donors (Lipinski definition) is 0. The van der Waals surface area contributed by atoms with Crippen molar-refractivity contribution in [3.8, 4) is 0 Å². The van der Waals surface area contributed by atoms with Crippen LogP contribution >= 0.6 is 23.5 Å². The van der Waals surface area contributed by atoms with Gasteiger partial charge in [0.1, 0.15) is 0 Å². The number of hydrogen-bond acceptors (Lipinski definition) is 2. The van der Waals surface area contributed by atoms with E-state index < -0.39 is 0 Å². The van der Waals surface area contributed by atoms with E-state index in [2.05, 4.69) is 6.92 Å². The van der Waals surface area contributed by atoms with Crippen LogP contribution in [0.2, 0.25) is 0 Å². The van der Waals surface area contributed by atoms with Gasteiger partial charge in [-0.25, -0.2) is 0 Å². The predicted octanol–water partition coefficient (Wildman–Crippen LogP) is 1.63. The van der Waals surface area contributed by atoms with Gasteiger partial charge in [-0.3, -0.25) is 0 Å². The molecule has 35 valence electrons. The summed E-state index contributed by atoms with van der Waals surface area (Å²) < 4.78 is 0.630. The molecule has 1 radical (unpaired) electrons. The molecule has 1 heterocycles. The molecule has 0 aliphatic carbocycles. The third kappa shape index (κ3) is 1.09. The van der Waals surface area contributed by atoms with Crippen molar-refractivity contribution in [2.45, 2.75) is 4.58 Å². The van der Waals surface area contributed by atoms with E-state index in [9.17, 15) is 0 Å². The zero-order valence-corrected chi connectivity index (χ0v) is 5.15. The molecule has 0 aromatic carbocycles. The molecule has 0 saturated carbocycles. The van der Waals surface area contributed by atoms with Crippen LogP contribution in [0.25, 0.3) is 0 Å². The third-order valence-electron chi connectivity index (χ3n) is 0.691. The van der Waals surface area contributed by atoms with Crippen LogP contribution in [0.4, 0.5) is 0 Å². The van der Waals surface area contributed by atoms with Crippen LogP contribution in [0.1, 0.15) is 0 Å². The Morgan fingerprint density at radius 2 is 1.83 bits per heavy atom. The summed E-state index contributed by atoms with van der Waals surface area (Å²) in [6, 6.07) is 0. The lowest BCUT2D eigenvalue weighted by Crippen LogP contribution is -1.75. The first-order valence-electron chi connectivity index (χ1n) is 1.96. The highest BCUT2D eigenvalue weighted by Gasteiger charge is 2.08. The molecule has 0 aromatic heterocycles. The zero-order valence-electron chi connectivity index (χ0n) is 3.52. The van der Waals surface area contributed by atoms with Crippen LogP contribution in [0.15, 0.2) is 0 Å². The molecule has 0 amide bonds. The monoisotopic (exact) mass is 119 g/mol. The van der Waals surface area contributed by atoms with E-state index in [1.807, 2.05) is 23.5 Å². The fourth-order valence-corrected chi connectivity index (χ4v) is 2.67. The summed E-state index contributed by atoms with van der Waals surface area (Å²) in [6.45, 7) is 3.86. The van der Waals surface area contributed by atoms with E-state index in [0.717, 1.165) is 0 Å². The number of rotatable bonds is 0. The Bertz CT molecular complexity index is 38.8. The van der Waals surface area contributed by atoms with Crippen LogP contribution < -0.4 is 0 Å². The minimum Gasteiger partial charge on any atom is -0.147 e. The Morgan fingerprint density at radius 3 is 2.00 bits per heavy atom. The first-order valence-corrected chi connectivity index (χ1v) is 4.05. The smallest absolute Gasteiger partial charge is 0.0503 e. The molecule has 0 spiro atoms. The maximum absolute atomic E-state index is 3.86. The summed E-state index contributed by atoms with van der Waals surface area (Å²) in [4.78, 5) is 0. The summed E-state index contributed by atoms with van der Waals surface area (Å²) in [6.07, 6.45) is 0. The lowest BCUT2D eigenvalue weighted by atomic mass is 11.0. The summed E-state index contributed by atoms with van der Waals surface area (Å²) in [5.41, 5.74) is 0. The maximum atomic E-state index is 3.86. The average Bonchev–Trinajstić information content (AvgIpc) is 1.86. The van der Waals surface area contributed by atoms with Gasteiger partial charge in [-0.1, -0.05) is 0 Å². The van der Waals surface area contributed by atoms with Gasteiger partial charge in [-0.15, -0.1) is 23.5 Å². The quantitative estimate of drug-likeness (QED) is 0.475. The zero-order chi connectivity index (χ0) is 4.41. The first kappa shape index (κ1) is 4.85. The van der Waals surface area contributed by atoms with Gasteiger partial charge in [0, 0.05) is 11.5 Å². The van der Waals surface area contributed by atoms with Crippen molar-refractivity contribution in [1.29, 1.82) is 0 Å². The minimum atomic E-state index is 0.630. The number of thioether (sulfide) groups is 2. The maximum Gasteiger partial charge on any atom is 0.0503 e. The topological polar surface area (TPSA) is 0 Å². The fraction of sp³-hybridized carbons (Fsp3) is 0.750. The Hall–Kier alpha value is 0.700. The molecule has 1 saturated heterocycles. The lowest BCUT2D eigenvalue weighted by molar-refractivity contribution is 1.59. The Balaban J connectivity index is 2.18. The summed E-state index contributed by atoms with van der Waals surface area (Å²) in [7, 11) is 0. The summed E-state index contributed by atoms with van der Waals surface area (Å²) in [5.74, 6) is 2.61. The summed E-state index contributed by atoms with van der Waals surface area (Å²) >= 11 is 3.90. The molecule has 0 atom stereocenters. The van der Waals surface area contributed by atoms with Crippen molar-refractivity contribution in [3.05, 3.63) is 6.92 Å². The van der Waals surface area contributed by atoms with Crippen molar-refractivity contribution >= 4 is 23.5 Å². The summed E-state index contributed by atoms with van der Waals surface area (Å²) in [5, 5.41) is 0. The SMILES string of the molecule is [CH2]C1SCCS1. The second-order valence-electron chi connectivity index (χ2n) is 1.17. The second kappa shape index (κ2) is 2.12. The largest absolute Gasteiger partial charge is 0.147 e. The van der Waals surface area contributed by atoms with Crippen molar-refractivity contribution in [2.24, 2.45) is 0 Å². The van der Waals surface area contributed by atoms with Crippen molar-refractivity contribution in [1.82, 2.24) is 0 Å². The van der Waals surface area contributed by atoms with Crippen LogP contribution in [-0.2, 0) is 0 Å². The van der Waals surface area contributed by atoms with E-state index in [-0.39, 0.29) is 0 Å². The van der Waals surface area contributed by atoms with E-state index in [4.69, 9.17) is 0 Å². The Morgan fingerprint density at radius 1 is 1.33 bits per heavy atom. The standard InChI is InChI=1S/C4H7S2/c1-4-5-2-3-6-4/h4H,1-3H2. The van der Waals surface area contributed by atoms with Crippen LogP contribution in [0, 0.1) is 6.92 Å². The van der Waals surface area contributed by atoms with Crippen molar-refractivity contribution in [3.63, 3.8) is 0 Å². The fourth-order valence-electron chi connectivity index (χ4n) is 0.407.